The van der Waals surface area contributed by atoms with Gasteiger partial charge in [-0.2, -0.15) is 0 Å². The molecule has 1 aliphatic heterocycles. The van der Waals surface area contributed by atoms with Gasteiger partial charge in [-0.1, -0.05) is 0 Å². The summed E-state index contributed by atoms with van der Waals surface area (Å²) in [4.78, 5) is 37.6. The van der Waals surface area contributed by atoms with Crippen LogP contribution < -0.4 is 5.73 Å². The average Bonchev–Trinajstić information content (AvgIpc) is 3.23. The zero-order valence-electron chi connectivity index (χ0n) is 12.2. The normalized spacial score (nSPS) is 19.3. The lowest BCUT2D eigenvalue weighted by atomic mass is 9.93. The number of carbonyl (C=O) groups is 3. The molecule has 2 rings (SSSR count). The van der Waals surface area contributed by atoms with Crippen molar-refractivity contribution in [2.45, 2.75) is 44.6 Å². The fourth-order valence-corrected chi connectivity index (χ4v) is 2.83. The molecule has 0 unspecified atom stereocenters. The van der Waals surface area contributed by atoms with E-state index in [1.165, 1.54) is 0 Å². The zero-order chi connectivity index (χ0) is 15.4. The Bertz CT molecular complexity index is 414. The highest BCUT2D eigenvalue weighted by molar-refractivity contribution is 5.76. The smallest absolute Gasteiger partial charge is 0.320 e. The van der Waals surface area contributed by atoms with E-state index in [0.717, 1.165) is 25.7 Å². The van der Waals surface area contributed by atoms with Gasteiger partial charge in [0, 0.05) is 32.1 Å². The van der Waals surface area contributed by atoms with E-state index in [0.29, 0.717) is 19.5 Å². The zero-order valence-corrected chi connectivity index (χ0v) is 12.2. The molecule has 3 amide bonds. The van der Waals surface area contributed by atoms with Gasteiger partial charge in [0.2, 0.25) is 5.91 Å². The minimum Gasteiger partial charge on any atom is -0.481 e. The number of hydrogen-bond donors (Lipinski definition) is 2. The summed E-state index contributed by atoms with van der Waals surface area (Å²) >= 11 is 0. The van der Waals surface area contributed by atoms with Crippen LogP contribution in [0.1, 0.15) is 38.5 Å². The number of aliphatic carboxylic acids is 1. The number of rotatable bonds is 6. The van der Waals surface area contributed by atoms with Gasteiger partial charge in [-0.15, -0.1) is 0 Å². The quantitative estimate of drug-likeness (QED) is 0.750. The third kappa shape index (κ3) is 4.61. The van der Waals surface area contributed by atoms with E-state index >= 15 is 0 Å². The van der Waals surface area contributed by atoms with Gasteiger partial charge in [-0.05, 0) is 31.6 Å². The number of likely N-dealkylation sites (tertiary alicyclic amines) is 1. The molecule has 7 heteroatoms. The minimum absolute atomic E-state index is 0.0135. The summed E-state index contributed by atoms with van der Waals surface area (Å²) in [5.41, 5.74) is 5.20. The Kier molecular flexibility index (Phi) is 5.03. The van der Waals surface area contributed by atoms with Gasteiger partial charge in [-0.25, -0.2) is 4.79 Å². The molecule has 118 valence electrons. The van der Waals surface area contributed by atoms with Crippen molar-refractivity contribution in [3.05, 3.63) is 0 Å². The molecule has 2 fully saturated rings. The molecule has 0 aromatic heterocycles. The molecular formula is C14H23N3O4. The predicted molar refractivity (Wildman–Crippen MR) is 75.5 cm³/mol. The van der Waals surface area contributed by atoms with Crippen molar-refractivity contribution in [2.75, 3.05) is 19.6 Å². The molecule has 0 radical (unpaired) electrons. The van der Waals surface area contributed by atoms with Gasteiger partial charge in [0.15, 0.2) is 0 Å². The van der Waals surface area contributed by atoms with Crippen molar-refractivity contribution in [3.8, 4) is 0 Å². The van der Waals surface area contributed by atoms with Crippen molar-refractivity contribution in [3.63, 3.8) is 0 Å². The van der Waals surface area contributed by atoms with E-state index in [-0.39, 0.29) is 36.9 Å². The van der Waals surface area contributed by atoms with E-state index in [9.17, 15) is 14.4 Å². The first-order valence-electron chi connectivity index (χ1n) is 7.53. The number of carboxylic acid groups (broad SMARTS) is 1. The monoisotopic (exact) mass is 297 g/mol. The number of nitrogens with zero attached hydrogens (tertiary/aromatic N) is 2. The fourth-order valence-electron chi connectivity index (χ4n) is 2.83. The van der Waals surface area contributed by atoms with Gasteiger partial charge in [0.25, 0.3) is 0 Å². The Morgan fingerprint density at radius 1 is 1.14 bits per heavy atom. The molecule has 0 atom stereocenters. The van der Waals surface area contributed by atoms with Crippen molar-refractivity contribution in [2.24, 2.45) is 11.7 Å². The molecule has 1 aliphatic carbocycles. The van der Waals surface area contributed by atoms with Crippen LogP contribution in [-0.4, -0.2) is 58.5 Å². The number of nitrogens with two attached hydrogens (primary N) is 1. The third-order valence-electron chi connectivity index (χ3n) is 4.17. The lowest BCUT2D eigenvalue weighted by molar-refractivity contribution is -0.137. The summed E-state index contributed by atoms with van der Waals surface area (Å²) in [6.45, 7) is 1.51. The van der Waals surface area contributed by atoms with Gasteiger partial charge in [0.05, 0.1) is 6.42 Å². The number of piperidine rings is 1. The van der Waals surface area contributed by atoms with Crippen LogP contribution in [0.15, 0.2) is 0 Å². The molecule has 0 bridgehead atoms. The van der Waals surface area contributed by atoms with Gasteiger partial charge >= 0.3 is 12.0 Å². The number of amides is 3. The standard InChI is InChI=1S/C14H23N3O4/c15-12(18)9-10-3-6-16(7-4-10)14(21)17(11-1-2-11)8-5-13(19)20/h10-11H,1-9H2,(H2,15,18)(H,19,20). The molecule has 0 aromatic rings. The summed E-state index contributed by atoms with van der Waals surface area (Å²) in [5, 5.41) is 8.78. The van der Waals surface area contributed by atoms with Crippen LogP contribution >= 0.6 is 0 Å². The molecule has 1 saturated heterocycles. The lowest BCUT2D eigenvalue weighted by Crippen LogP contribution is -2.48. The summed E-state index contributed by atoms with van der Waals surface area (Å²) in [5.74, 6) is -0.908. The molecule has 0 spiro atoms. The number of urea groups is 1. The number of hydrogen-bond acceptors (Lipinski definition) is 3. The van der Waals surface area contributed by atoms with E-state index < -0.39 is 5.97 Å². The topological polar surface area (TPSA) is 104 Å². The SMILES string of the molecule is NC(=O)CC1CCN(C(=O)N(CCC(=O)O)C2CC2)CC1. The minimum atomic E-state index is -0.881. The summed E-state index contributed by atoms with van der Waals surface area (Å²) in [7, 11) is 0. The number of carbonyl (C=O) groups excluding carboxylic acids is 2. The second kappa shape index (κ2) is 6.78. The Morgan fingerprint density at radius 2 is 1.76 bits per heavy atom. The van der Waals surface area contributed by atoms with Crippen molar-refractivity contribution < 1.29 is 19.5 Å². The second-order valence-corrected chi connectivity index (χ2v) is 5.95. The Hall–Kier alpha value is -1.79. The summed E-state index contributed by atoms with van der Waals surface area (Å²) in [6, 6.07) is 0.150. The van der Waals surface area contributed by atoms with E-state index in [4.69, 9.17) is 10.8 Å². The van der Waals surface area contributed by atoms with Crippen LogP contribution in [0.3, 0.4) is 0 Å². The molecule has 2 aliphatic rings. The van der Waals surface area contributed by atoms with Crippen LogP contribution in [0.2, 0.25) is 0 Å². The largest absolute Gasteiger partial charge is 0.481 e. The van der Waals surface area contributed by atoms with Crippen LogP contribution in [0.5, 0.6) is 0 Å². The van der Waals surface area contributed by atoms with E-state index in [2.05, 4.69) is 0 Å². The van der Waals surface area contributed by atoms with Gasteiger partial charge in [0.1, 0.15) is 0 Å². The van der Waals surface area contributed by atoms with Gasteiger partial charge < -0.3 is 20.6 Å². The maximum absolute atomic E-state index is 12.5. The Morgan fingerprint density at radius 3 is 2.24 bits per heavy atom. The van der Waals surface area contributed by atoms with Crippen LogP contribution in [0, 0.1) is 5.92 Å². The first kappa shape index (κ1) is 15.6. The van der Waals surface area contributed by atoms with Crippen LogP contribution in [0.25, 0.3) is 0 Å². The predicted octanol–water partition coefficient (Wildman–Crippen LogP) is 0.633. The van der Waals surface area contributed by atoms with Crippen LogP contribution in [-0.2, 0) is 9.59 Å². The number of primary amides is 1. The summed E-state index contributed by atoms with van der Waals surface area (Å²) < 4.78 is 0. The van der Waals surface area contributed by atoms with E-state index in [1.807, 2.05) is 0 Å². The Balaban J connectivity index is 1.84. The van der Waals surface area contributed by atoms with Crippen molar-refractivity contribution >= 4 is 17.9 Å². The van der Waals surface area contributed by atoms with Gasteiger partial charge in [-0.3, -0.25) is 9.59 Å². The lowest BCUT2D eigenvalue weighted by Gasteiger charge is -2.35. The molecule has 0 aromatic carbocycles. The van der Waals surface area contributed by atoms with E-state index in [1.54, 1.807) is 9.80 Å². The highest BCUT2D eigenvalue weighted by Gasteiger charge is 2.36. The Labute approximate surface area is 124 Å². The maximum atomic E-state index is 12.5. The van der Waals surface area contributed by atoms with Crippen molar-refractivity contribution in [1.82, 2.24) is 9.80 Å². The first-order chi connectivity index (χ1) is 9.97. The molecular weight excluding hydrogens is 274 g/mol. The van der Waals surface area contributed by atoms with Crippen LogP contribution in [0.4, 0.5) is 4.79 Å². The average molecular weight is 297 g/mol. The molecule has 21 heavy (non-hydrogen) atoms. The third-order valence-corrected chi connectivity index (χ3v) is 4.17. The number of carboxylic acids is 1. The molecule has 1 heterocycles. The highest BCUT2D eigenvalue weighted by Crippen LogP contribution is 2.29. The molecule has 7 nitrogen and oxygen atoms in total. The second-order valence-electron chi connectivity index (χ2n) is 5.95. The maximum Gasteiger partial charge on any atom is 0.320 e. The fraction of sp³-hybridized carbons (Fsp3) is 0.786. The molecule has 1 saturated carbocycles. The molecule has 3 N–H and O–H groups in total. The summed E-state index contributed by atoms with van der Waals surface area (Å²) in [6.07, 6.45) is 3.86. The highest BCUT2D eigenvalue weighted by atomic mass is 16.4. The van der Waals surface area contributed by atoms with Crippen molar-refractivity contribution in [1.29, 1.82) is 0 Å². The first-order valence-corrected chi connectivity index (χ1v) is 7.53.